The first kappa shape index (κ1) is 12.3. The molecule has 0 bridgehead atoms. The number of nitrogens with zero attached hydrogens (tertiary/aromatic N) is 2. The number of aromatic nitrogens is 3. The van der Waals surface area contributed by atoms with Crippen LogP contribution in [-0.4, -0.2) is 20.9 Å². The normalized spacial score (nSPS) is 10.7. The number of carbonyl (C=O) groups excluding carboxylic acids is 1. The summed E-state index contributed by atoms with van der Waals surface area (Å²) in [6, 6.07) is 9.82. The molecule has 5 heteroatoms. The van der Waals surface area contributed by atoms with Crippen molar-refractivity contribution in [1.82, 2.24) is 20.3 Å². The van der Waals surface area contributed by atoms with Crippen molar-refractivity contribution in [3.63, 3.8) is 0 Å². The molecule has 0 spiro atoms. The molecule has 0 aliphatic carbocycles. The van der Waals surface area contributed by atoms with Crippen molar-refractivity contribution < 1.29 is 4.79 Å². The largest absolute Gasteiger partial charge is 0.348 e. The lowest BCUT2D eigenvalue weighted by atomic mass is 10.1. The lowest BCUT2D eigenvalue weighted by molar-refractivity contribution is 0.0950. The Balaban J connectivity index is 1.70. The Morgan fingerprint density at radius 1 is 1.25 bits per heavy atom. The first-order valence-corrected chi connectivity index (χ1v) is 6.35. The molecule has 0 saturated carbocycles. The molecule has 0 atom stereocenters. The molecule has 20 heavy (non-hydrogen) atoms. The SMILES string of the molecule is Cc1ccc(CNC(=O)c2cnc3nc[nH]c3c2)cc1. The second-order valence-electron chi connectivity index (χ2n) is 4.67. The zero-order valence-electron chi connectivity index (χ0n) is 11.1. The fourth-order valence-electron chi connectivity index (χ4n) is 1.94. The Morgan fingerprint density at radius 3 is 2.85 bits per heavy atom. The van der Waals surface area contributed by atoms with E-state index in [0.717, 1.165) is 11.1 Å². The van der Waals surface area contributed by atoms with Gasteiger partial charge in [0.2, 0.25) is 0 Å². The van der Waals surface area contributed by atoms with Gasteiger partial charge in [0, 0.05) is 12.7 Å². The van der Waals surface area contributed by atoms with E-state index in [-0.39, 0.29) is 5.91 Å². The zero-order valence-corrected chi connectivity index (χ0v) is 11.1. The number of nitrogens with one attached hydrogen (secondary N) is 2. The number of pyridine rings is 1. The van der Waals surface area contributed by atoms with Crippen LogP contribution in [0.2, 0.25) is 0 Å². The highest BCUT2D eigenvalue weighted by Gasteiger charge is 2.08. The maximum atomic E-state index is 12.1. The first-order chi connectivity index (χ1) is 9.72. The van der Waals surface area contributed by atoms with Crippen molar-refractivity contribution in [3.05, 3.63) is 59.5 Å². The molecular weight excluding hydrogens is 252 g/mol. The number of rotatable bonds is 3. The Kier molecular flexibility index (Phi) is 3.16. The molecule has 2 N–H and O–H groups in total. The van der Waals surface area contributed by atoms with Crippen molar-refractivity contribution in [3.8, 4) is 0 Å². The van der Waals surface area contributed by atoms with Crippen molar-refractivity contribution in [2.45, 2.75) is 13.5 Å². The predicted octanol–water partition coefficient (Wildman–Crippen LogP) is 2.20. The van der Waals surface area contributed by atoms with E-state index >= 15 is 0 Å². The van der Waals surface area contributed by atoms with E-state index in [1.54, 1.807) is 12.4 Å². The predicted molar refractivity (Wildman–Crippen MR) is 76.2 cm³/mol. The summed E-state index contributed by atoms with van der Waals surface area (Å²) in [5.41, 5.74) is 4.16. The number of imidazole rings is 1. The number of aryl methyl sites for hydroxylation is 1. The highest BCUT2D eigenvalue weighted by Crippen LogP contribution is 2.09. The van der Waals surface area contributed by atoms with Gasteiger partial charge in [-0.1, -0.05) is 29.8 Å². The minimum Gasteiger partial charge on any atom is -0.348 e. The van der Waals surface area contributed by atoms with E-state index in [0.29, 0.717) is 17.8 Å². The van der Waals surface area contributed by atoms with Crippen molar-refractivity contribution in [2.24, 2.45) is 0 Å². The summed E-state index contributed by atoms with van der Waals surface area (Å²) in [4.78, 5) is 23.2. The third-order valence-electron chi connectivity index (χ3n) is 3.11. The smallest absolute Gasteiger partial charge is 0.253 e. The van der Waals surface area contributed by atoms with Crippen LogP contribution in [0.1, 0.15) is 21.5 Å². The fraction of sp³-hybridized carbons (Fsp3) is 0.133. The van der Waals surface area contributed by atoms with Crippen LogP contribution in [0, 0.1) is 6.92 Å². The van der Waals surface area contributed by atoms with E-state index in [1.807, 2.05) is 31.2 Å². The number of hydrogen-bond donors (Lipinski definition) is 2. The number of carbonyl (C=O) groups is 1. The Hall–Kier alpha value is -2.69. The third-order valence-corrected chi connectivity index (χ3v) is 3.11. The van der Waals surface area contributed by atoms with Crippen LogP contribution < -0.4 is 5.32 Å². The lowest BCUT2D eigenvalue weighted by Gasteiger charge is -2.05. The molecule has 2 aromatic heterocycles. The van der Waals surface area contributed by atoms with E-state index < -0.39 is 0 Å². The summed E-state index contributed by atoms with van der Waals surface area (Å²) in [6.45, 7) is 2.54. The van der Waals surface area contributed by atoms with Crippen LogP contribution in [0.5, 0.6) is 0 Å². The third kappa shape index (κ3) is 2.51. The Labute approximate surface area is 116 Å². The molecule has 0 aliphatic rings. The monoisotopic (exact) mass is 266 g/mol. The van der Waals surface area contributed by atoms with Gasteiger partial charge >= 0.3 is 0 Å². The van der Waals surface area contributed by atoms with Crippen LogP contribution >= 0.6 is 0 Å². The molecule has 0 fully saturated rings. The molecule has 1 amide bonds. The van der Waals surface area contributed by atoms with Gasteiger partial charge < -0.3 is 10.3 Å². The second kappa shape index (κ2) is 5.13. The number of aromatic amines is 1. The van der Waals surface area contributed by atoms with E-state index in [9.17, 15) is 4.79 Å². The topological polar surface area (TPSA) is 70.7 Å². The molecule has 3 aromatic rings. The summed E-state index contributed by atoms with van der Waals surface area (Å²) in [7, 11) is 0. The molecule has 1 aromatic carbocycles. The average Bonchev–Trinajstić information content (AvgIpc) is 2.93. The van der Waals surface area contributed by atoms with Crippen LogP contribution in [-0.2, 0) is 6.54 Å². The van der Waals surface area contributed by atoms with Crippen LogP contribution in [0.3, 0.4) is 0 Å². The number of hydrogen-bond acceptors (Lipinski definition) is 3. The fourth-order valence-corrected chi connectivity index (χ4v) is 1.94. The molecule has 5 nitrogen and oxygen atoms in total. The van der Waals surface area contributed by atoms with Crippen molar-refractivity contribution >= 4 is 17.1 Å². The molecule has 100 valence electrons. The standard InChI is InChI=1S/C15H14N4O/c1-10-2-4-11(5-3-10)7-17-15(20)12-6-13-14(16-8-12)19-9-18-13/h2-6,8-9H,7H2,1H3,(H,17,20)(H,16,18,19). The first-order valence-electron chi connectivity index (χ1n) is 6.35. The van der Waals surface area contributed by atoms with E-state index in [4.69, 9.17) is 0 Å². The zero-order chi connectivity index (χ0) is 13.9. The summed E-state index contributed by atoms with van der Waals surface area (Å²) in [6.07, 6.45) is 3.10. The molecule has 0 saturated heterocycles. The minimum absolute atomic E-state index is 0.144. The lowest BCUT2D eigenvalue weighted by Crippen LogP contribution is -2.22. The summed E-state index contributed by atoms with van der Waals surface area (Å²) in [5, 5.41) is 2.88. The highest BCUT2D eigenvalue weighted by atomic mass is 16.1. The average molecular weight is 266 g/mol. The van der Waals surface area contributed by atoms with E-state index in [1.165, 1.54) is 11.8 Å². The van der Waals surface area contributed by atoms with Crippen LogP contribution in [0.4, 0.5) is 0 Å². The number of H-pyrrole nitrogens is 1. The van der Waals surface area contributed by atoms with Gasteiger partial charge in [0.1, 0.15) is 0 Å². The van der Waals surface area contributed by atoms with Gasteiger partial charge in [-0.25, -0.2) is 9.97 Å². The summed E-state index contributed by atoms with van der Waals surface area (Å²) < 4.78 is 0. The number of amides is 1. The molecule has 2 heterocycles. The van der Waals surface area contributed by atoms with Crippen LogP contribution in [0.15, 0.2) is 42.9 Å². The van der Waals surface area contributed by atoms with Gasteiger partial charge in [0.05, 0.1) is 17.4 Å². The molecular formula is C15H14N4O. The molecule has 0 aliphatic heterocycles. The highest BCUT2D eigenvalue weighted by molar-refractivity contribution is 5.96. The van der Waals surface area contributed by atoms with Gasteiger partial charge in [0.25, 0.3) is 5.91 Å². The van der Waals surface area contributed by atoms with Gasteiger partial charge in [-0.15, -0.1) is 0 Å². The maximum Gasteiger partial charge on any atom is 0.253 e. The Bertz CT molecular complexity index is 746. The number of fused-ring (bicyclic) bond motifs is 1. The maximum absolute atomic E-state index is 12.1. The van der Waals surface area contributed by atoms with Gasteiger partial charge in [-0.3, -0.25) is 4.79 Å². The van der Waals surface area contributed by atoms with E-state index in [2.05, 4.69) is 20.3 Å². The summed E-state index contributed by atoms with van der Waals surface area (Å²) in [5.74, 6) is -0.144. The quantitative estimate of drug-likeness (QED) is 0.763. The number of benzene rings is 1. The summed E-state index contributed by atoms with van der Waals surface area (Å²) >= 11 is 0. The van der Waals surface area contributed by atoms with Gasteiger partial charge in [0.15, 0.2) is 5.65 Å². The van der Waals surface area contributed by atoms with Crippen molar-refractivity contribution in [2.75, 3.05) is 0 Å². The second-order valence-corrected chi connectivity index (χ2v) is 4.67. The van der Waals surface area contributed by atoms with Gasteiger partial charge in [-0.05, 0) is 18.6 Å². The van der Waals surface area contributed by atoms with Gasteiger partial charge in [-0.2, -0.15) is 0 Å². The molecule has 3 rings (SSSR count). The minimum atomic E-state index is -0.144. The Morgan fingerprint density at radius 2 is 2.05 bits per heavy atom. The van der Waals surface area contributed by atoms with Crippen LogP contribution in [0.25, 0.3) is 11.2 Å². The molecule has 0 unspecified atom stereocenters. The molecule has 0 radical (unpaired) electrons. The van der Waals surface area contributed by atoms with Crippen molar-refractivity contribution in [1.29, 1.82) is 0 Å².